The fraction of sp³-hybridized carbons (Fsp3) is 0.750. The largest absolute Gasteiger partial charge is 0.228 e. The first-order valence-electron chi connectivity index (χ1n) is 4.18. The van der Waals surface area contributed by atoms with Gasteiger partial charge in [0.1, 0.15) is 0 Å². The first kappa shape index (κ1) is 9.74. The zero-order chi connectivity index (χ0) is 9.19. The highest BCUT2D eigenvalue weighted by Crippen LogP contribution is 2.27. The van der Waals surface area contributed by atoms with Gasteiger partial charge in [-0.25, -0.2) is 13.6 Å². The zero-order valence-electron chi connectivity index (χ0n) is 7.07. The molecule has 2 atom stereocenters. The van der Waals surface area contributed by atoms with Gasteiger partial charge in [0.05, 0.1) is 5.25 Å². The van der Waals surface area contributed by atoms with Crippen molar-refractivity contribution in [3.8, 4) is 0 Å². The fourth-order valence-corrected chi connectivity index (χ4v) is 2.70. The Morgan fingerprint density at radius 1 is 1.42 bits per heavy atom. The van der Waals surface area contributed by atoms with E-state index in [9.17, 15) is 8.42 Å². The van der Waals surface area contributed by atoms with Gasteiger partial charge in [-0.05, 0) is 25.2 Å². The van der Waals surface area contributed by atoms with Crippen LogP contribution in [0.2, 0.25) is 0 Å². The van der Waals surface area contributed by atoms with Crippen LogP contribution >= 0.6 is 0 Å². The van der Waals surface area contributed by atoms with Gasteiger partial charge in [-0.2, -0.15) is 0 Å². The Kier molecular flexibility index (Phi) is 2.90. The third-order valence-electron chi connectivity index (χ3n) is 2.46. The summed E-state index contributed by atoms with van der Waals surface area (Å²) in [5.41, 5.74) is 0. The minimum absolute atomic E-state index is 0.335. The molecule has 0 aromatic heterocycles. The van der Waals surface area contributed by atoms with Crippen molar-refractivity contribution in [2.24, 2.45) is 11.1 Å². The summed E-state index contributed by atoms with van der Waals surface area (Å²) in [6.07, 6.45) is 5.19. The summed E-state index contributed by atoms with van der Waals surface area (Å²) in [4.78, 5) is 0. The maximum atomic E-state index is 11.0. The predicted molar refractivity (Wildman–Crippen MR) is 49.1 cm³/mol. The van der Waals surface area contributed by atoms with Crippen molar-refractivity contribution in [1.82, 2.24) is 0 Å². The van der Waals surface area contributed by atoms with Gasteiger partial charge < -0.3 is 0 Å². The topological polar surface area (TPSA) is 60.2 Å². The zero-order valence-corrected chi connectivity index (χ0v) is 7.89. The maximum absolute atomic E-state index is 11.0. The summed E-state index contributed by atoms with van der Waals surface area (Å²) in [7, 11) is -3.32. The van der Waals surface area contributed by atoms with Crippen molar-refractivity contribution in [3.05, 3.63) is 12.7 Å². The molecule has 70 valence electrons. The molecule has 1 rings (SSSR count). The molecule has 0 aliphatic heterocycles. The molecular weight excluding hydrogens is 174 g/mol. The van der Waals surface area contributed by atoms with Crippen molar-refractivity contribution >= 4 is 10.0 Å². The predicted octanol–water partition coefficient (Wildman–Crippen LogP) is 1.02. The standard InChI is InChI=1S/C8H15NO2S/c1-2-7-4-3-5-8(6-7)12(9,10)11/h2,7-8H,1,3-6H2,(H2,9,10,11)/t7?,8-/m0/s1. The molecule has 1 aliphatic carbocycles. The summed E-state index contributed by atoms with van der Waals surface area (Å²) in [6.45, 7) is 3.67. The molecule has 0 radical (unpaired) electrons. The van der Waals surface area contributed by atoms with Gasteiger partial charge in [0.15, 0.2) is 0 Å². The molecule has 0 aromatic rings. The van der Waals surface area contributed by atoms with E-state index in [2.05, 4.69) is 6.58 Å². The Morgan fingerprint density at radius 3 is 2.58 bits per heavy atom. The van der Waals surface area contributed by atoms with Crippen LogP contribution in [0, 0.1) is 5.92 Å². The summed E-state index contributed by atoms with van der Waals surface area (Å²) < 4.78 is 22.0. The third kappa shape index (κ3) is 2.32. The van der Waals surface area contributed by atoms with Gasteiger partial charge in [-0.1, -0.05) is 12.5 Å². The second-order valence-corrected chi connectivity index (χ2v) is 5.22. The van der Waals surface area contributed by atoms with Crippen LogP contribution < -0.4 is 5.14 Å². The van der Waals surface area contributed by atoms with Crippen LogP contribution in [0.1, 0.15) is 25.7 Å². The quantitative estimate of drug-likeness (QED) is 0.659. The summed E-state index contributed by atoms with van der Waals surface area (Å²) >= 11 is 0. The highest BCUT2D eigenvalue weighted by Gasteiger charge is 2.27. The molecule has 0 spiro atoms. The Labute approximate surface area is 73.7 Å². The van der Waals surface area contributed by atoms with E-state index in [1.165, 1.54) is 0 Å². The van der Waals surface area contributed by atoms with Crippen LogP contribution in [-0.4, -0.2) is 13.7 Å². The first-order chi connectivity index (χ1) is 5.54. The molecule has 0 amide bonds. The highest BCUT2D eigenvalue weighted by atomic mass is 32.2. The normalized spacial score (nSPS) is 31.4. The van der Waals surface area contributed by atoms with Crippen molar-refractivity contribution in [3.63, 3.8) is 0 Å². The van der Waals surface area contributed by atoms with Crippen LogP contribution in [0.4, 0.5) is 0 Å². The first-order valence-corrected chi connectivity index (χ1v) is 5.79. The lowest BCUT2D eigenvalue weighted by Gasteiger charge is -2.25. The molecule has 0 heterocycles. The molecule has 0 saturated heterocycles. The number of primary sulfonamides is 1. The minimum Gasteiger partial charge on any atom is -0.228 e. The van der Waals surface area contributed by atoms with Crippen LogP contribution in [0.5, 0.6) is 0 Å². The average Bonchev–Trinajstić information content (AvgIpc) is 2.03. The van der Waals surface area contributed by atoms with E-state index in [4.69, 9.17) is 5.14 Å². The number of rotatable bonds is 2. The number of hydrogen-bond donors (Lipinski definition) is 1. The monoisotopic (exact) mass is 189 g/mol. The number of sulfonamides is 1. The molecule has 3 nitrogen and oxygen atoms in total. The lowest BCUT2D eigenvalue weighted by atomic mass is 9.89. The molecule has 12 heavy (non-hydrogen) atoms. The van der Waals surface area contributed by atoms with E-state index in [-0.39, 0.29) is 5.25 Å². The molecule has 1 fully saturated rings. The van der Waals surface area contributed by atoms with E-state index in [1.54, 1.807) is 0 Å². The lowest BCUT2D eigenvalue weighted by molar-refractivity contribution is 0.414. The van der Waals surface area contributed by atoms with E-state index >= 15 is 0 Å². The molecule has 0 bridgehead atoms. The van der Waals surface area contributed by atoms with Crippen molar-refractivity contribution in [1.29, 1.82) is 0 Å². The molecule has 1 unspecified atom stereocenters. The van der Waals surface area contributed by atoms with Gasteiger partial charge in [0.25, 0.3) is 0 Å². The molecule has 1 aliphatic rings. The molecule has 1 saturated carbocycles. The maximum Gasteiger partial charge on any atom is 0.211 e. The fourth-order valence-electron chi connectivity index (χ4n) is 1.69. The Morgan fingerprint density at radius 2 is 2.08 bits per heavy atom. The third-order valence-corrected chi connectivity index (χ3v) is 3.82. The van der Waals surface area contributed by atoms with E-state index < -0.39 is 10.0 Å². The van der Waals surface area contributed by atoms with Crippen LogP contribution in [0.15, 0.2) is 12.7 Å². The smallest absolute Gasteiger partial charge is 0.211 e. The Balaban J connectivity index is 2.64. The highest BCUT2D eigenvalue weighted by molar-refractivity contribution is 7.89. The average molecular weight is 189 g/mol. The molecular formula is C8H15NO2S. The second kappa shape index (κ2) is 3.58. The SMILES string of the molecule is C=CC1CCC[C@H](S(N)(=O)=O)C1. The minimum atomic E-state index is -3.32. The van der Waals surface area contributed by atoms with Crippen LogP contribution in [0.3, 0.4) is 0 Å². The lowest BCUT2D eigenvalue weighted by Crippen LogP contribution is -2.32. The van der Waals surface area contributed by atoms with E-state index in [0.29, 0.717) is 18.8 Å². The Bertz CT molecular complexity index is 258. The number of allylic oxidation sites excluding steroid dienone is 1. The number of nitrogens with two attached hydrogens (primary N) is 1. The van der Waals surface area contributed by atoms with Gasteiger partial charge >= 0.3 is 0 Å². The van der Waals surface area contributed by atoms with Gasteiger partial charge in [0.2, 0.25) is 10.0 Å². The number of hydrogen-bond acceptors (Lipinski definition) is 2. The van der Waals surface area contributed by atoms with Gasteiger partial charge in [0, 0.05) is 0 Å². The van der Waals surface area contributed by atoms with Crippen LogP contribution in [-0.2, 0) is 10.0 Å². The van der Waals surface area contributed by atoms with E-state index in [0.717, 1.165) is 12.8 Å². The molecule has 2 N–H and O–H groups in total. The van der Waals surface area contributed by atoms with Crippen molar-refractivity contribution in [2.45, 2.75) is 30.9 Å². The second-order valence-electron chi connectivity index (χ2n) is 3.37. The van der Waals surface area contributed by atoms with E-state index in [1.807, 2.05) is 6.08 Å². The summed E-state index contributed by atoms with van der Waals surface area (Å²) in [6, 6.07) is 0. The van der Waals surface area contributed by atoms with Crippen molar-refractivity contribution in [2.75, 3.05) is 0 Å². The van der Waals surface area contributed by atoms with Crippen LogP contribution in [0.25, 0.3) is 0 Å². The van der Waals surface area contributed by atoms with Gasteiger partial charge in [-0.3, -0.25) is 0 Å². The van der Waals surface area contributed by atoms with Crippen molar-refractivity contribution < 1.29 is 8.42 Å². The van der Waals surface area contributed by atoms with Gasteiger partial charge in [-0.15, -0.1) is 6.58 Å². The Hall–Kier alpha value is -0.350. The molecule has 4 heteroatoms. The summed E-state index contributed by atoms with van der Waals surface area (Å²) in [5, 5.41) is 4.73. The molecule has 0 aromatic carbocycles. The summed E-state index contributed by atoms with van der Waals surface area (Å²) in [5.74, 6) is 0.335.